The van der Waals surface area contributed by atoms with Gasteiger partial charge in [0.1, 0.15) is 0 Å². The molecule has 0 radical (unpaired) electrons. The van der Waals surface area contributed by atoms with Crippen LogP contribution in [0.4, 0.5) is 11.4 Å². The summed E-state index contributed by atoms with van der Waals surface area (Å²) in [6, 6.07) is 4.85. The molecule has 1 aromatic heterocycles. The summed E-state index contributed by atoms with van der Waals surface area (Å²) in [6.45, 7) is 0. The van der Waals surface area contributed by atoms with E-state index in [1.165, 1.54) is 0 Å². The minimum absolute atomic E-state index is 0.262. The molecule has 0 spiro atoms. The van der Waals surface area contributed by atoms with Crippen LogP contribution in [0.2, 0.25) is 5.02 Å². The molecule has 0 atom stereocenters. The molecule has 3 N–H and O–H groups in total. The molecular formula is C9H7ClN4OS. The third-order valence-electron chi connectivity index (χ3n) is 1.83. The predicted molar refractivity (Wildman–Crippen MR) is 63.7 cm³/mol. The number of hydrogen-bond donors (Lipinski definition) is 2. The summed E-state index contributed by atoms with van der Waals surface area (Å²) in [5, 5.41) is 8.21. The zero-order chi connectivity index (χ0) is 11.5. The molecule has 5 nitrogen and oxygen atoms in total. The maximum atomic E-state index is 11.6. The second-order valence-electron chi connectivity index (χ2n) is 2.98. The van der Waals surface area contributed by atoms with Crippen LogP contribution < -0.4 is 11.1 Å². The highest BCUT2D eigenvalue weighted by Crippen LogP contribution is 2.24. The Bertz CT molecular complexity index is 514. The fourth-order valence-corrected chi connectivity index (χ4v) is 1.76. The summed E-state index contributed by atoms with van der Waals surface area (Å²) in [6.07, 6.45) is 0. The Labute approximate surface area is 100 Å². The van der Waals surface area contributed by atoms with E-state index in [1.54, 1.807) is 23.6 Å². The molecule has 0 aliphatic carbocycles. The molecule has 1 heterocycles. The van der Waals surface area contributed by atoms with Crippen LogP contribution in [0.25, 0.3) is 0 Å². The van der Waals surface area contributed by atoms with Crippen molar-refractivity contribution in [2.45, 2.75) is 0 Å². The van der Waals surface area contributed by atoms with Gasteiger partial charge >= 0.3 is 0 Å². The highest BCUT2D eigenvalue weighted by molar-refractivity contribution is 7.03. The predicted octanol–water partition coefficient (Wildman–Crippen LogP) is 2.03. The highest BCUT2D eigenvalue weighted by Gasteiger charge is 2.10. The molecule has 2 rings (SSSR count). The second-order valence-corrected chi connectivity index (χ2v) is 4.00. The Hall–Kier alpha value is -1.66. The van der Waals surface area contributed by atoms with E-state index >= 15 is 0 Å². The smallest absolute Gasteiger partial charge is 0.277 e. The molecule has 1 amide bonds. The van der Waals surface area contributed by atoms with E-state index in [2.05, 4.69) is 14.9 Å². The number of carbonyl (C=O) groups excluding carboxylic acids is 1. The summed E-state index contributed by atoms with van der Waals surface area (Å²) in [7, 11) is 0. The minimum Gasteiger partial charge on any atom is -0.399 e. The number of rotatable bonds is 2. The molecule has 0 saturated carbocycles. The molecule has 2 aromatic rings. The molecule has 16 heavy (non-hydrogen) atoms. The van der Waals surface area contributed by atoms with Crippen molar-refractivity contribution in [2.75, 3.05) is 11.1 Å². The van der Waals surface area contributed by atoms with Gasteiger partial charge in [0.2, 0.25) is 0 Å². The number of carbonyl (C=O) groups is 1. The first-order chi connectivity index (χ1) is 7.66. The molecule has 0 bridgehead atoms. The van der Waals surface area contributed by atoms with Crippen molar-refractivity contribution in [1.82, 2.24) is 9.59 Å². The van der Waals surface area contributed by atoms with Crippen LogP contribution in [-0.4, -0.2) is 15.5 Å². The topological polar surface area (TPSA) is 80.9 Å². The van der Waals surface area contributed by atoms with Crippen LogP contribution in [0.5, 0.6) is 0 Å². The lowest BCUT2D eigenvalue weighted by atomic mass is 10.3. The lowest BCUT2D eigenvalue weighted by Gasteiger charge is -2.05. The molecule has 1 aromatic carbocycles. The third kappa shape index (κ3) is 2.29. The number of halogens is 1. The SMILES string of the molecule is Nc1ccc(NC(=O)c2csnn2)c(Cl)c1. The van der Waals surface area contributed by atoms with Gasteiger partial charge in [0.15, 0.2) is 5.69 Å². The van der Waals surface area contributed by atoms with Crippen LogP contribution in [0.1, 0.15) is 10.5 Å². The van der Waals surface area contributed by atoms with Crippen LogP contribution in [0.3, 0.4) is 0 Å². The van der Waals surface area contributed by atoms with E-state index in [-0.39, 0.29) is 11.6 Å². The quantitative estimate of drug-likeness (QED) is 0.804. The van der Waals surface area contributed by atoms with Gasteiger partial charge in [-0.25, -0.2) is 0 Å². The average Bonchev–Trinajstić information content (AvgIpc) is 2.75. The molecule has 0 aliphatic heterocycles. The van der Waals surface area contributed by atoms with Crippen LogP contribution in [-0.2, 0) is 0 Å². The molecule has 0 fully saturated rings. The van der Waals surface area contributed by atoms with E-state index in [0.29, 0.717) is 16.4 Å². The third-order valence-corrected chi connectivity index (χ3v) is 2.65. The summed E-state index contributed by atoms with van der Waals surface area (Å²) >= 11 is 7.02. The monoisotopic (exact) mass is 254 g/mol. The van der Waals surface area contributed by atoms with Crippen molar-refractivity contribution < 1.29 is 4.79 Å². The Morgan fingerprint density at radius 2 is 2.31 bits per heavy atom. The Balaban J connectivity index is 2.18. The van der Waals surface area contributed by atoms with Crippen LogP contribution in [0, 0.1) is 0 Å². The maximum absolute atomic E-state index is 11.6. The first kappa shape index (κ1) is 10.8. The molecule has 82 valence electrons. The Morgan fingerprint density at radius 3 is 2.94 bits per heavy atom. The molecule has 7 heteroatoms. The van der Waals surface area contributed by atoms with E-state index < -0.39 is 0 Å². The number of nitrogens with one attached hydrogen (secondary N) is 1. The van der Waals surface area contributed by atoms with Gasteiger partial charge in [0.25, 0.3) is 5.91 Å². The number of amides is 1. The summed E-state index contributed by atoms with van der Waals surface area (Å²) in [5.74, 6) is -0.347. The number of nitrogen functional groups attached to an aromatic ring is 1. The van der Waals surface area contributed by atoms with Crippen molar-refractivity contribution in [3.63, 3.8) is 0 Å². The van der Waals surface area contributed by atoms with Gasteiger partial charge in [-0.2, -0.15) is 0 Å². The lowest BCUT2D eigenvalue weighted by Crippen LogP contribution is -2.12. The zero-order valence-electron chi connectivity index (χ0n) is 7.98. The first-order valence-electron chi connectivity index (χ1n) is 4.30. The van der Waals surface area contributed by atoms with Gasteiger partial charge in [-0.15, -0.1) is 5.10 Å². The average molecular weight is 255 g/mol. The summed E-state index contributed by atoms with van der Waals surface area (Å²) < 4.78 is 3.60. The van der Waals surface area contributed by atoms with Gasteiger partial charge in [-0.1, -0.05) is 16.1 Å². The van der Waals surface area contributed by atoms with Gasteiger partial charge in [0, 0.05) is 11.1 Å². The number of anilines is 2. The highest BCUT2D eigenvalue weighted by atomic mass is 35.5. The number of aromatic nitrogens is 2. The summed E-state index contributed by atoms with van der Waals surface area (Å²) in [5.41, 5.74) is 6.83. The fourth-order valence-electron chi connectivity index (χ4n) is 1.08. The first-order valence-corrected chi connectivity index (χ1v) is 5.51. The van der Waals surface area contributed by atoms with Crippen molar-refractivity contribution in [3.8, 4) is 0 Å². The van der Waals surface area contributed by atoms with Crippen molar-refractivity contribution in [1.29, 1.82) is 0 Å². The van der Waals surface area contributed by atoms with Gasteiger partial charge in [-0.3, -0.25) is 4.79 Å². The van der Waals surface area contributed by atoms with Crippen LogP contribution in [0.15, 0.2) is 23.6 Å². The minimum atomic E-state index is -0.347. The molecule has 0 aliphatic rings. The summed E-state index contributed by atoms with van der Waals surface area (Å²) in [4.78, 5) is 11.6. The van der Waals surface area contributed by atoms with E-state index in [0.717, 1.165) is 11.5 Å². The van der Waals surface area contributed by atoms with Gasteiger partial charge in [-0.05, 0) is 29.7 Å². The van der Waals surface area contributed by atoms with Crippen molar-refractivity contribution in [2.24, 2.45) is 0 Å². The van der Waals surface area contributed by atoms with E-state index in [1.807, 2.05) is 0 Å². The van der Waals surface area contributed by atoms with Gasteiger partial charge < -0.3 is 11.1 Å². The van der Waals surface area contributed by atoms with Crippen molar-refractivity contribution in [3.05, 3.63) is 34.3 Å². The second kappa shape index (κ2) is 4.46. The zero-order valence-corrected chi connectivity index (χ0v) is 9.55. The van der Waals surface area contributed by atoms with Crippen LogP contribution >= 0.6 is 23.1 Å². The number of benzene rings is 1. The molecule has 0 saturated heterocycles. The number of hydrogen-bond acceptors (Lipinski definition) is 5. The van der Waals surface area contributed by atoms with Crippen molar-refractivity contribution >= 4 is 40.4 Å². The van der Waals surface area contributed by atoms with E-state index in [9.17, 15) is 4.79 Å². The number of nitrogens with two attached hydrogens (primary N) is 1. The Morgan fingerprint density at radius 1 is 1.50 bits per heavy atom. The lowest BCUT2D eigenvalue weighted by molar-refractivity contribution is 0.102. The fraction of sp³-hybridized carbons (Fsp3) is 0. The molecular weight excluding hydrogens is 248 g/mol. The number of nitrogens with zero attached hydrogens (tertiary/aromatic N) is 2. The maximum Gasteiger partial charge on any atom is 0.277 e. The largest absolute Gasteiger partial charge is 0.399 e. The normalized spacial score (nSPS) is 10.1. The Kier molecular flexibility index (Phi) is 3.02. The van der Waals surface area contributed by atoms with E-state index in [4.69, 9.17) is 17.3 Å². The van der Waals surface area contributed by atoms with Gasteiger partial charge in [0.05, 0.1) is 10.7 Å². The standard InChI is InChI=1S/C9H7ClN4OS/c10-6-3-5(11)1-2-7(6)12-9(15)8-4-16-14-13-8/h1-4H,11H2,(H,12,15). The molecule has 0 unspecified atom stereocenters.